The number of carbonyl (C=O) groups excluding carboxylic acids is 1. The maximum Gasteiger partial charge on any atom is 0.261 e. The molecule has 2 nitrogen and oxygen atoms in total. The molecule has 1 heterocycles. The number of thiophene rings is 1. The van der Waals surface area contributed by atoms with Gasteiger partial charge in [-0.1, -0.05) is 29.8 Å². The third-order valence-corrected chi connectivity index (χ3v) is 4.07. The van der Waals surface area contributed by atoms with E-state index in [0.29, 0.717) is 5.92 Å². The van der Waals surface area contributed by atoms with E-state index in [-0.39, 0.29) is 11.9 Å². The zero-order valence-corrected chi connectivity index (χ0v) is 11.6. The van der Waals surface area contributed by atoms with Crippen LogP contribution < -0.4 is 5.32 Å². The van der Waals surface area contributed by atoms with Crippen molar-refractivity contribution in [1.82, 2.24) is 5.32 Å². The number of alkyl halides is 1. The summed E-state index contributed by atoms with van der Waals surface area (Å²) < 4.78 is 0. The Balaban J connectivity index is 2.67. The first-order valence-electron chi connectivity index (χ1n) is 4.97. The van der Waals surface area contributed by atoms with Gasteiger partial charge in [-0.05, 0) is 29.9 Å². The summed E-state index contributed by atoms with van der Waals surface area (Å²) in [7, 11) is 0. The Labute approximate surface area is 103 Å². The van der Waals surface area contributed by atoms with E-state index in [1.54, 1.807) is 0 Å². The number of hydrogen-bond acceptors (Lipinski definition) is 2. The van der Waals surface area contributed by atoms with Crippen LogP contribution in [0.5, 0.6) is 0 Å². The fourth-order valence-corrected chi connectivity index (χ4v) is 2.96. The van der Waals surface area contributed by atoms with Crippen molar-refractivity contribution in [1.29, 1.82) is 0 Å². The van der Waals surface area contributed by atoms with E-state index >= 15 is 0 Å². The molecule has 1 rings (SSSR count). The van der Waals surface area contributed by atoms with Gasteiger partial charge in [-0.2, -0.15) is 0 Å². The zero-order chi connectivity index (χ0) is 11.4. The molecule has 0 spiro atoms. The predicted molar refractivity (Wildman–Crippen MR) is 68.9 cm³/mol. The fraction of sp³-hybridized carbons (Fsp3) is 0.545. The first-order chi connectivity index (χ1) is 7.06. The number of aryl methyl sites for hydroxylation is 1. The number of nitrogens with one attached hydrogen (secondary N) is 1. The second kappa shape index (κ2) is 5.66. The van der Waals surface area contributed by atoms with E-state index in [1.165, 1.54) is 11.3 Å². The minimum absolute atomic E-state index is 0.0423. The fourth-order valence-electron chi connectivity index (χ4n) is 1.22. The van der Waals surface area contributed by atoms with Gasteiger partial charge >= 0.3 is 0 Å². The first-order valence-corrected chi connectivity index (χ1v) is 6.97. The van der Waals surface area contributed by atoms with E-state index in [2.05, 4.69) is 35.1 Å². The van der Waals surface area contributed by atoms with Crippen molar-refractivity contribution in [2.45, 2.75) is 26.8 Å². The maximum absolute atomic E-state index is 11.9. The Hall–Kier alpha value is -0.350. The molecule has 0 aromatic carbocycles. The van der Waals surface area contributed by atoms with Gasteiger partial charge in [0, 0.05) is 11.4 Å². The molecule has 1 aromatic rings. The summed E-state index contributed by atoms with van der Waals surface area (Å²) in [5.74, 6) is 0.481. The highest BCUT2D eigenvalue weighted by molar-refractivity contribution is 9.09. The summed E-state index contributed by atoms with van der Waals surface area (Å²) >= 11 is 4.91. The zero-order valence-electron chi connectivity index (χ0n) is 9.21. The summed E-state index contributed by atoms with van der Waals surface area (Å²) in [6, 6.07) is 2.16. The highest BCUT2D eigenvalue weighted by Gasteiger charge is 2.17. The van der Waals surface area contributed by atoms with Crippen molar-refractivity contribution >= 4 is 33.2 Å². The average Bonchev–Trinajstić information content (AvgIpc) is 2.60. The largest absolute Gasteiger partial charge is 0.348 e. The molecule has 1 amide bonds. The first kappa shape index (κ1) is 12.7. The molecule has 0 aliphatic heterocycles. The Morgan fingerprint density at radius 1 is 1.60 bits per heavy atom. The van der Waals surface area contributed by atoms with Gasteiger partial charge < -0.3 is 5.32 Å². The van der Waals surface area contributed by atoms with Crippen LogP contribution in [0.15, 0.2) is 11.4 Å². The number of rotatable bonds is 4. The van der Waals surface area contributed by atoms with Crippen molar-refractivity contribution in [2.24, 2.45) is 5.92 Å². The molecule has 15 heavy (non-hydrogen) atoms. The van der Waals surface area contributed by atoms with Gasteiger partial charge in [0.15, 0.2) is 0 Å². The molecule has 0 aliphatic carbocycles. The highest BCUT2D eigenvalue weighted by atomic mass is 79.9. The van der Waals surface area contributed by atoms with E-state index in [1.807, 2.05) is 18.4 Å². The molecule has 0 saturated heterocycles. The molecule has 0 fully saturated rings. The van der Waals surface area contributed by atoms with Gasteiger partial charge in [0.25, 0.3) is 5.91 Å². The molecule has 0 bridgehead atoms. The molecule has 84 valence electrons. The van der Waals surface area contributed by atoms with Crippen molar-refractivity contribution in [3.05, 3.63) is 21.9 Å². The lowest BCUT2D eigenvalue weighted by Crippen LogP contribution is -2.39. The minimum Gasteiger partial charge on any atom is -0.348 e. The van der Waals surface area contributed by atoms with Gasteiger partial charge in [-0.25, -0.2) is 0 Å². The third kappa shape index (κ3) is 3.31. The Bertz CT molecular complexity index is 335. The van der Waals surface area contributed by atoms with Crippen LogP contribution in [0.25, 0.3) is 0 Å². The summed E-state index contributed by atoms with van der Waals surface area (Å²) in [4.78, 5) is 12.7. The Morgan fingerprint density at radius 2 is 2.27 bits per heavy atom. The normalized spacial score (nSPS) is 12.9. The number of amides is 1. The van der Waals surface area contributed by atoms with Crippen molar-refractivity contribution in [2.75, 3.05) is 5.33 Å². The summed E-state index contributed by atoms with van der Waals surface area (Å²) in [6.45, 7) is 6.17. The smallest absolute Gasteiger partial charge is 0.261 e. The van der Waals surface area contributed by atoms with Gasteiger partial charge in [0.1, 0.15) is 0 Å². The number of hydrogen-bond donors (Lipinski definition) is 1. The van der Waals surface area contributed by atoms with Crippen LogP contribution in [0.2, 0.25) is 0 Å². The molecular formula is C11H16BrNOS. The number of halogens is 1. The molecular weight excluding hydrogens is 274 g/mol. The maximum atomic E-state index is 11.9. The van der Waals surface area contributed by atoms with Crippen LogP contribution in [0, 0.1) is 12.8 Å². The van der Waals surface area contributed by atoms with E-state index < -0.39 is 0 Å². The Kier molecular flexibility index (Phi) is 4.80. The lowest BCUT2D eigenvalue weighted by atomic mass is 10.1. The SMILES string of the molecule is Cc1ccsc1C(=O)NC(CBr)C(C)C. The van der Waals surface area contributed by atoms with Gasteiger partial charge in [-0.15, -0.1) is 11.3 Å². The van der Waals surface area contributed by atoms with Gasteiger partial charge in [0.05, 0.1) is 4.88 Å². The van der Waals surface area contributed by atoms with Gasteiger partial charge in [-0.3, -0.25) is 4.79 Å². The second-order valence-corrected chi connectivity index (χ2v) is 5.47. The summed E-state index contributed by atoms with van der Waals surface area (Å²) in [5.41, 5.74) is 1.05. The molecule has 4 heteroatoms. The molecule has 1 unspecified atom stereocenters. The average molecular weight is 290 g/mol. The van der Waals surface area contributed by atoms with Crippen LogP contribution in [0.4, 0.5) is 0 Å². The van der Waals surface area contributed by atoms with Crippen LogP contribution in [-0.4, -0.2) is 17.3 Å². The molecule has 1 atom stereocenters. The van der Waals surface area contributed by atoms with Crippen LogP contribution in [0.3, 0.4) is 0 Å². The van der Waals surface area contributed by atoms with Crippen molar-refractivity contribution < 1.29 is 4.79 Å². The monoisotopic (exact) mass is 289 g/mol. The third-order valence-electron chi connectivity index (χ3n) is 2.36. The number of carbonyl (C=O) groups is 1. The molecule has 0 aliphatic rings. The summed E-state index contributed by atoms with van der Waals surface area (Å²) in [5, 5.41) is 5.77. The predicted octanol–water partition coefficient (Wildman–Crippen LogP) is 3.21. The highest BCUT2D eigenvalue weighted by Crippen LogP contribution is 2.16. The quantitative estimate of drug-likeness (QED) is 0.848. The van der Waals surface area contributed by atoms with Crippen LogP contribution in [-0.2, 0) is 0 Å². The lowest BCUT2D eigenvalue weighted by molar-refractivity contribution is 0.0935. The summed E-state index contributed by atoms with van der Waals surface area (Å²) in [6.07, 6.45) is 0. The van der Waals surface area contributed by atoms with Crippen LogP contribution in [0.1, 0.15) is 29.1 Å². The molecule has 1 N–H and O–H groups in total. The van der Waals surface area contributed by atoms with Crippen LogP contribution >= 0.6 is 27.3 Å². The van der Waals surface area contributed by atoms with E-state index in [0.717, 1.165) is 15.8 Å². The van der Waals surface area contributed by atoms with Crippen molar-refractivity contribution in [3.8, 4) is 0 Å². The Morgan fingerprint density at radius 3 is 2.67 bits per heavy atom. The standard InChI is InChI=1S/C11H16BrNOS/c1-7(2)9(6-12)13-11(14)10-8(3)4-5-15-10/h4-5,7,9H,6H2,1-3H3,(H,13,14). The van der Waals surface area contributed by atoms with E-state index in [9.17, 15) is 4.79 Å². The minimum atomic E-state index is 0.0423. The topological polar surface area (TPSA) is 29.1 Å². The van der Waals surface area contributed by atoms with E-state index in [4.69, 9.17) is 0 Å². The molecule has 0 saturated carbocycles. The second-order valence-electron chi connectivity index (χ2n) is 3.91. The molecule has 0 radical (unpaired) electrons. The van der Waals surface area contributed by atoms with Gasteiger partial charge in [0.2, 0.25) is 0 Å². The molecule has 1 aromatic heterocycles. The van der Waals surface area contributed by atoms with Crippen molar-refractivity contribution in [3.63, 3.8) is 0 Å². The lowest BCUT2D eigenvalue weighted by Gasteiger charge is -2.19.